The Morgan fingerprint density at radius 2 is 2.32 bits per heavy atom. The number of hydrogen-bond donors (Lipinski definition) is 2. The SMILES string of the molecule is CN(C)c1ccc(NC(=O)C2(C)COCC2N)cn1. The fourth-order valence-corrected chi connectivity index (χ4v) is 1.92. The molecule has 19 heavy (non-hydrogen) atoms. The van der Waals surface area contributed by atoms with E-state index in [9.17, 15) is 4.79 Å². The lowest BCUT2D eigenvalue weighted by Gasteiger charge is -2.25. The Morgan fingerprint density at radius 1 is 1.58 bits per heavy atom. The number of nitrogens with one attached hydrogen (secondary N) is 1. The first-order valence-electron chi connectivity index (χ1n) is 6.21. The minimum Gasteiger partial charge on any atom is -0.379 e. The third-order valence-electron chi connectivity index (χ3n) is 3.50. The summed E-state index contributed by atoms with van der Waals surface area (Å²) in [5, 5.41) is 2.84. The molecule has 0 aliphatic carbocycles. The minimum absolute atomic E-state index is 0.128. The molecule has 2 rings (SSSR count). The van der Waals surface area contributed by atoms with E-state index in [1.165, 1.54) is 0 Å². The zero-order valence-corrected chi connectivity index (χ0v) is 11.5. The molecule has 1 saturated heterocycles. The van der Waals surface area contributed by atoms with Gasteiger partial charge in [0.05, 0.1) is 30.5 Å². The highest BCUT2D eigenvalue weighted by molar-refractivity contribution is 5.95. The van der Waals surface area contributed by atoms with E-state index < -0.39 is 5.41 Å². The molecule has 1 fully saturated rings. The fourth-order valence-electron chi connectivity index (χ4n) is 1.92. The molecule has 1 aromatic heterocycles. The molecule has 1 amide bonds. The number of nitrogens with zero attached hydrogens (tertiary/aromatic N) is 2. The molecule has 6 heteroatoms. The predicted molar refractivity (Wildman–Crippen MR) is 74.1 cm³/mol. The van der Waals surface area contributed by atoms with Gasteiger partial charge in [0.15, 0.2) is 0 Å². The van der Waals surface area contributed by atoms with E-state index >= 15 is 0 Å². The topological polar surface area (TPSA) is 80.5 Å². The van der Waals surface area contributed by atoms with Crippen molar-refractivity contribution >= 4 is 17.4 Å². The van der Waals surface area contributed by atoms with Crippen LogP contribution in [-0.4, -0.2) is 44.2 Å². The van der Waals surface area contributed by atoms with Crippen molar-refractivity contribution in [3.8, 4) is 0 Å². The van der Waals surface area contributed by atoms with Crippen molar-refractivity contribution in [2.45, 2.75) is 13.0 Å². The Labute approximate surface area is 112 Å². The number of anilines is 2. The predicted octanol–water partition coefficient (Wildman–Crippen LogP) is 0.450. The molecular formula is C13H20N4O2. The van der Waals surface area contributed by atoms with Gasteiger partial charge in [0.2, 0.25) is 5.91 Å². The first-order valence-corrected chi connectivity index (χ1v) is 6.21. The lowest BCUT2D eigenvalue weighted by atomic mass is 9.85. The lowest BCUT2D eigenvalue weighted by molar-refractivity contribution is -0.125. The summed E-state index contributed by atoms with van der Waals surface area (Å²) in [4.78, 5) is 18.4. The van der Waals surface area contributed by atoms with Gasteiger partial charge in [-0.25, -0.2) is 4.98 Å². The standard InChI is InChI=1S/C13H20N4O2/c1-13(8-19-7-10(13)14)12(18)16-9-4-5-11(15-6-9)17(2)3/h4-6,10H,7-8,14H2,1-3H3,(H,16,18). The average molecular weight is 264 g/mol. The van der Waals surface area contributed by atoms with Crippen molar-refractivity contribution in [1.82, 2.24) is 4.98 Å². The largest absolute Gasteiger partial charge is 0.379 e. The minimum atomic E-state index is -0.680. The van der Waals surface area contributed by atoms with Crippen molar-refractivity contribution in [3.05, 3.63) is 18.3 Å². The van der Waals surface area contributed by atoms with Gasteiger partial charge in [-0.3, -0.25) is 4.79 Å². The van der Waals surface area contributed by atoms with Crippen molar-refractivity contribution in [1.29, 1.82) is 0 Å². The summed E-state index contributed by atoms with van der Waals surface area (Å²) >= 11 is 0. The number of rotatable bonds is 3. The summed E-state index contributed by atoms with van der Waals surface area (Å²) in [6.07, 6.45) is 1.64. The molecule has 1 aliphatic heterocycles. The molecule has 6 nitrogen and oxygen atoms in total. The van der Waals surface area contributed by atoms with Gasteiger partial charge in [-0.1, -0.05) is 0 Å². The fraction of sp³-hybridized carbons (Fsp3) is 0.538. The monoisotopic (exact) mass is 264 g/mol. The Bertz CT molecular complexity index is 460. The molecule has 0 radical (unpaired) electrons. The first-order chi connectivity index (χ1) is 8.93. The van der Waals surface area contributed by atoms with Gasteiger partial charge in [0.1, 0.15) is 5.82 Å². The molecule has 1 aromatic rings. The van der Waals surface area contributed by atoms with Gasteiger partial charge >= 0.3 is 0 Å². The second-order valence-electron chi connectivity index (χ2n) is 5.29. The van der Waals surface area contributed by atoms with Gasteiger partial charge in [-0.05, 0) is 19.1 Å². The van der Waals surface area contributed by atoms with Crippen LogP contribution >= 0.6 is 0 Å². The number of aromatic nitrogens is 1. The van der Waals surface area contributed by atoms with Crippen LogP contribution in [-0.2, 0) is 9.53 Å². The Hall–Kier alpha value is -1.66. The molecule has 0 bridgehead atoms. The molecule has 0 spiro atoms. The van der Waals surface area contributed by atoms with Crippen LogP contribution in [0.15, 0.2) is 18.3 Å². The van der Waals surface area contributed by atoms with Gasteiger partial charge in [-0.15, -0.1) is 0 Å². The molecule has 0 saturated carbocycles. The summed E-state index contributed by atoms with van der Waals surface area (Å²) in [5.74, 6) is 0.710. The van der Waals surface area contributed by atoms with E-state index in [1.807, 2.05) is 38.1 Å². The zero-order valence-electron chi connectivity index (χ0n) is 11.5. The normalized spacial score (nSPS) is 26.2. The molecule has 2 heterocycles. The van der Waals surface area contributed by atoms with Crippen LogP contribution in [0.5, 0.6) is 0 Å². The first kappa shape index (κ1) is 13.8. The molecule has 3 N–H and O–H groups in total. The van der Waals surface area contributed by atoms with Gasteiger partial charge < -0.3 is 20.7 Å². The quantitative estimate of drug-likeness (QED) is 0.828. The maximum absolute atomic E-state index is 12.3. The van der Waals surface area contributed by atoms with E-state index in [4.69, 9.17) is 10.5 Å². The van der Waals surface area contributed by atoms with Crippen molar-refractivity contribution in [3.63, 3.8) is 0 Å². The van der Waals surface area contributed by atoms with E-state index in [0.717, 1.165) is 5.82 Å². The number of carbonyl (C=O) groups excluding carboxylic acids is 1. The Kier molecular flexibility index (Phi) is 3.73. The van der Waals surface area contributed by atoms with Crippen LogP contribution in [0.4, 0.5) is 11.5 Å². The molecule has 2 atom stereocenters. The second kappa shape index (κ2) is 5.14. The summed E-state index contributed by atoms with van der Waals surface area (Å²) in [7, 11) is 3.83. The van der Waals surface area contributed by atoms with E-state index in [2.05, 4.69) is 10.3 Å². The molecule has 104 valence electrons. The van der Waals surface area contributed by atoms with Crippen molar-refractivity contribution < 1.29 is 9.53 Å². The summed E-state index contributed by atoms with van der Waals surface area (Å²) in [6, 6.07) is 3.40. The number of carbonyl (C=O) groups is 1. The van der Waals surface area contributed by atoms with Crippen LogP contribution in [0.3, 0.4) is 0 Å². The Morgan fingerprint density at radius 3 is 2.79 bits per heavy atom. The van der Waals surface area contributed by atoms with E-state index in [-0.39, 0.29) is 11.9 Å². The summed E-state index contributed by atoms with van der Waals surface area (Å²) in [5.41, 5.74) is 5.91. The van der Waals surface area contributed by atoms with E-state index in [1.54, 1.807) is 6.20 Å². The molecule has 0 aromatic carbocycles. The number of amides is 1. The average Bonchev–Trinajstić information content (AvgIpc) is 2.71. The van der Waals surface area contributed by atoms with E-state index in [0.29, 0.717) is 18.9 Å². The Balaban J connectivity index is 2.06. The zero-order chi connectivity index (χ0) is 14.0. The number of ether oxygens (including phenoxy) is 1. The van der Waals surface area contributed by atoms with Crippen LogP contribution in [0.25, 0.3) is 0 Å². The molecular weight excluding hydrogens is 244 g/mol. The smallest absolute Gasteiger partial charge is 0.234 e. The summed E-state index contributed by atoms with van der Waals surface area (Å²) in [6.45, 7) is 2.59. The van der Waals surface area contributed by atoms with Crippen LogP contribution < -0.4 is 16.0 Å². The molecule has 2 unspecified atom stereocenters. The van der Waals surface area contributed by atoms with Crippen LogP contribution in [0.2, 0.25) is 0 Å². The summed E-state index contributed by atoms with van der Waals surface area (Å²) < 4.78 is 5.27. The van der Waals surface area contributed by atoms with Gasteiger partial charge in [0.25, 0.3) is 0 Å². The number of hydrogen-bond acceptors (Lipinski definition) is 5. The highest BCUT2D eigenvalue weighted by Gasteiger charge is 2.44. The maximum Gasteiger partial charge on any atom is 0.234 e. The molecule has 1 aliphatic rings. The lowest BCUT2D eigenvalue weighted by Crippen LogP contribution is -2.47. The highest BCUT2D eigenvalue weighted by Crippen LogP contribution is 2.28. The van der Waals surface area contributed by atoms with Crippen molar-refractivity contribution in [2.75, 3.05) is 37.5 Å². The maximum atomic E-state index is 12.3. The second-order valence-corrected chi connectivity index (χ2v) is 5.29. The number of pyridine rings is 1. The van der Waals surface area contributed by atoms with Crippen molar-refractivity contribution in [2.24, 2.45) is 11.1 Å². The third-order valence-corrected chi connectivity index (χ3v) is 3.50. The van der Waals surface area contributed by atoms with Crippen LogP contribution in [0, 0.1) is 5.41 Å². The third kappa shape index (κ3) is 2.69. The van der Waals surface area contributed by atoms with Gasteiger partial charge in [-0.2, -0.15) is 0 Å². The highest BCUT2D eigenvalue weighted by atomic mass is 16.5. The van der Waals surface area contributed by atoms with Gasteiger partial charge in [0, 0.05) is 20.1 Å². The number of nitrogens with two attached hydrogens (primary N) is 1. The van der Waals surface area contributed by atoms with Crippen LogP contribution in [0.1, 0.15) is 6.92 Å².